The lowest BCUT2D eigenvalue weighted by Crippen LogP contribution is -2.04. The van der Waals surface area contributed by atoms with Crippen molar-refractivity contribution in [2.45, 2.75) is 52.5 Å². The minimum Gasteiger partial charge on any atom is -0.333 e. The quantitative estimate of drug-likeness (QED) is 0.741. The second kappa shape index (κ2) is 5.55. The van der Waals surface area contributed by atoms with E-state index in [1.54, 1.807) is 0 Å². The zero-order chi connectivity index (χ0) is 11.3. The summed E-state index contributed by atoms with van der Waals surface area (Å²) in [4.78, 5) is 4.61. The Morgan fingerprint density at radius 2 is 2.27 bits per heavy atom. The first-order valence-electron chi connectivity index (χ1n) is 5.62. The van der Waals surface area contributed by atoms with Gasteiger partial charge in [0, 0.05) is 18.7 Å². The summed E-state index contributed by atoms with van der Waals surface area (Å²) >= 11 is 0. The molecule has 3 nitrogen and oxygen atoms in total. The summed E-state index contributed by atoms with van der Waals surface area (Å²) in [5, 5.41) is 8.58. The van der Waals surface area contributed by atoms with Gasteiger partial charge >= 0.3 is 0 Å². The van der Waals surface area contributed by atoms with Gasteiger partial charge in [-0.2, -0.15) is 5.26 Å². The molecule has 3 heteroatoms. The molecule has 0 amide bonds. The summed E-state index contributed by atoms with van der Waals surface area (Å²) in [5.74, 6) is 1.53. The highest BCUT2D eigenvalue weighted by atomic mass is 15.1. The van der Waals surface area contributed by atoms with Crippen molar-refractivity contribution in [3.05, 3.63) is 17.7 Å². The number of hydrogen-bond donors (Lipinski definition) is 0. The van der Waals surface area contributed by atoms with Crippen molar-refractivity contribution >= 4 is 0 Å². The molecule has 1 aromatic rings. The fourth-order valence-corrected chi connectivity index (χ4v) is 1.67. The first-order valence-corrected chi connectivity index (χ1v) is 5.62. The van der Waals surface area contributed by atoms with Gasteiger partial charge in [0.2, 0.25) is 0 Å². The highest BCUT2D eigenvalue weighted by molar-refractivity contribution is 5.07. The number of aryl methyl sites for hydroxylation is 2. The highest BCUT2D eigenvalue weighted by Gasteiger charge is 2.10. The lowest BCUT2D eigenvalue weighted by Gasteiger charge is -2.07. The molecule has 0 atom stereocenters. The first kappa shape index (κ1) is 11.8. The minimum absolute atomic E-state index is 0.425. The lowest BCUT2D eigenvalue weighted by atomic mass is 10.2. The number of nitrogens with zero attached hydrogens (tertiary/aromatic N) is 3. The topological polar surface area (TPSA) is 41.6 Å². The Labute approximate surface area is 91.7 Å². The normalized spacial score (nSPS) is 10.6. The number of rotatable bonds is 5. The molecule has 1 rings (SSSR count). The molecule has 0 unspecified atom stereocenters. The van der Waals surface area contributed by atoms with E-state index < -0.39 is 0 Å². The summed E-state index contributed by atoms with van der Waals surface area (Å²) in [7, 11) is 0. The molecule has 0 saturated heterocycles. The fourth-order valence-electron chi connectivity index (χ4n) is 1.67. The van der Waals surface area contributed by atoms with Gasteiger partial charge < -0.3 is 4.57 Å². The Bertz CT molecular complexity index is 344. The molecule has 82 valence electrons. The van der Waals surface area contributed by atoms with E-state index in [-0.39, 0.29) is 0 Å². The molecule has 0 radical (unpaired) electrons. The summed E-state index contributed by atoms with van der Waals surface area (Å²) in [6.45, 7) is 7.20. The molecular weight excluding hydrogens is 186 g/mol. The van der Waals surface area contributed by atoms with Gasteiger partial charge in [0.1, 0.15) is 5.82 Å². The maximum atomic E-state index is 8.58. The van der Waals surface area contributed by atoms with E-state index in [1.165, 1.54) is 0 Å². The van der Waals surface area contributed by atoms with E-state index in [0.717, 1.165) is 30.9 Å². The maximum absolute atomic E-state index is 8.58. The molecule has 0 spiro atoms. The molecule has 1 heterocycles. The smallest absolute Gasteiger partial charge is 0.111 e. The molecular formula is C12H19N3. The predicted molar refractivity (Wildman–Crippen MR) is 60.5 cm³/mol. The van der Waals surface area contributed by atoms with Gasteiger partial charge in [0.15, 0.2) is 0 Å². The molecule has 0 bridgehead atoms. The van der Waals surface area contributed by atoms with Crippen molar-refractivity contribution in [1.29, 1.82) is 5.26 Å². The molecule has 0 fully saturated rings. The van der Waals surface area contributed by atoms with Crippen LogP contribution in [0, 0.1) is 11.3 Å². The van der Waals surface area contributed by atoms with E-state index in [0.29, 0.717) is 12.3 Å². The average Bonchev–Trinajstić information content (AvgIpc) is 2.59. The molecule has 0 saturated carbocycles. The average molecular weight is 205 g/mol. The molecule has 0 aromatic carbocycles. The zero-order valence-corrected chi connectivity index (χ0v) is 9.82. The Balaban J connectivity index is 2.86. The van der Waals surface area contributed by atoms with E-state index >= 15 is 0 Å². The third kappa shape index (κ3) is 3.09. The van der Waals surface area contributed by atoms with Crippen LogP contribution in [0.5, 0.6) is 0 Å². The van der Waals surface area contributed by atoms with Gasteiger partial charge in [0.25, 0.3) is 0 Å². The Morgan fingerprint density at radius 1 is 1.53 bits per heavy atom. The summed E-state index contributed by atoms with van der Waals surface area (Å²) in [5.41, 5.74) is 1.15. The van der Waals surface area contributed by atoms with Crippen molar-refractivity contribution < 1.29 is 0 Å². The predicted octanol–water partition coefficient (Wildman–Crippen LogP) is 2.87. The van der Waals surface area contributed by atoms with Crippen molar-refractivity contribution in [3.8, 4) is 6.07 Å². The van der Waals surface area contributed by atoms with Crippen LogP contribution in [0.2, 0.25) is 0 Å². The monoisotopic (exact) mass is 205 g/mol. The van der Waals surface area contributed by atoms with Crippen LogP contribution in [-0.2, 0) is 13.0 Å². The minimum atomic E-state index is 0.425. The number of aromatic nitrogens is 2. The SMILES string of the molecule is CCCc1cn(CCC#N)c(C(C)C)n1. The van der Waals surface area contributed by atoms with Crippen LogP contribution < -0.4 is 0 Å². The largest absolute Gasteiger partial charge is 0.333 e. The van der Waals surface area contributed by atoms with Gasteiger partial charge in [-0.05, 0) is 6.42 Å². The van der Waals surface area contributed by atoms with Gasteiger partial charge in [-0.1, -0.05) is 27.2 Å². The third-order valence-electron chi connectivity index (χ3n) is 2.34. The molecule has 0 aliphatic rings. The number of nitriles is 1. The molecule has 0 aliphatic carbocycles. The second-order valence-corrected chi connectivity index (χ2v) is 4.10. The van der Waals surface area contributed by atoms with Crippen molar-refractivity contribution in [3.63, 3.8) is 0 Å². The number of imidazole rings is 1. The van der Waals surface area contributed by atoms with Crippen molar-refractivity contribution in [2.24, 2.45) is 0 Å². The molecule has 0 aliphatic heterocycles. The van der Waals surface area contributed by atoms with Gasteiger partial charge in [0.05, 0.1) is 18.2 Å². The standard InChI is InChI=1S/C12H19N3/c1-4-6-11-9-15(8-5-7-13)12(14-11)10(2)3/h9-10H,4-6,8H2,1-3H3. The third-order valence-corrected chi connectivity index (χ3v) is 2.34. The second-order valence-electron chi connectivity index (χ2n) is 4.10. The van der Waals surface area contributed by atoms with Crippen molar-refractivity contribution in [2.75, 3.05) is 0 Å². The first-order chi connectivity index (χ1) is 7.19. The van der Waals surface area contributed by atoms with Crippen LogP contribution in [0.4, 0.5) is 0 Å². The summed E-state index contributed by atoms with van der Waals surface area (Å²) < 4.78 is 2.12. The Morgan fingerprint density at radius 3 is 2.80 bits per heavy atom. The van der Waals surface area contributed by atoms with Crippen molar-refractivity contribution in [1.82, 2.24) is 9.55 Å². The Hall–Kier alpha value is -1.30. The Kier molecular flexibility index (Phi) is 4.36. The van der Waals surface area contributed by atoms with E-state index in [1.807, 2.05) is 0 Å². The van der Waals surface area contributed by atoms with Crippen LogP contribution in [0.25, 0.3) is 0 Å². The van der Waals surface area contributed by atoms with Crippen LogP contribution in [0.3, 0.4) is 0 Å². The van der Waals surface area contributed by atoms with E-state index in [4.69, 9.17) is 5.26 Å². The van der Waals surface area contributed by atoms with Crippen LogP contribution in [0.15, 0.2) is 6.20 Å². The van der Waals surface area contributed by atoms with E-state index in [9.17, 15) is 0 Å². The highest BCUT2D eigenvalue weighted by Crippen LogP contribution is 2.15. The molecule has 1 aromatic heterocycles. The maximum Gasteiger partial charge on any atom is 0.111 e. The van der Waals surface area contributed by atoms with Gasteiger partial charge in [-0.25, -0.2) is 4.98 Å². The van der Waals surface area contributed by atoms with E-state index in [2.05, 4.69) is 42.6 Å². The molecule has 0 N–H and O–H groups in total. The van der Waals surface area contributed by atoms with Crippen LogP contribution in [0.1, 0.15) is 51.0 Å². The van der Waals surface area contributed by atoms with Crippen LogP contribution >= 0.6 is 0 Å². The summed E-state index contributed by atoms with van der Waals surface area (Å²) in [6, 6.07) is 2.17. The van der Waals surface area contributed by atoms with Gasteiger partial charge in [-0.3, -0.25) is 0 Å². The van der Waals surface area contributed by atoms with Gasteiger partial charge in [-0.15, -0.1) is 0 Å². The number of hydrogen-bond acceptors (Lipinski definition) is 2. The fraction of sp³-hybridized carbons (Fsp3) is 0.667. The molecule has 15 heavy (non-hydrogen) atoms. The summed E-state index contributed by atoms with van der Waals surface area (Å²) in [6.07, 6.45) is 4.80. The lowest BCUT2D eigenvalue weighted by molar-refractivity contribution is 0.629. The zero-order valence-electron chi connectivity index (χ0n) is 9.82. The van der Waals surface area contributed by atoms with Crippen LogP contribution in [-0.4, -0.2) is 9.55 Å².